The van der Waals surface area contributed by atoms with E-state index in [2.05, 4.69) is 27.7 Å². The summed E-state index contributed by atoms with van der Waals surface area (Å²) >= 11 is 0. The monoisotopic (exact) mass is 474 g/mol. The molecule has 0 spiro atoms. The summed E-state index contributed by atoms with van der Waals surface area (Å²) in [6.07, 6.45) is 21.5. The van der Waals surface area contributed by atoms with E-state index in [9.17, 15) is 9.90 Å². The molecule has 1 aromatic rings. The summed E-state index contributed by atoms with van der Waals surface area (Å²) in [5.41, 5.74) is 2.41. The molecule has 0 aliphatic heterocycles. The van der Waals surface area contributed by atoms with Crippen molar-refractivity contribution in [3.63, 3.8) is 0 Å². The quantitative estimate of drug-likeness (QED) is 0.142. The van der Waals surface area contributed by atoms with Gasteiger partial charge in [-0.3, -0.25) is 0 Å². The minimum absolute atomic E-state index is 0.00647. The molecule has 0 heterocycles. The van der Waals surface area contributed by atoms with E-state index in [-0.39, 0.29) is 12.1 Å². The van der Waals surface area contributed by atoms with Gasteiger partial charge in [-0.2, -0.15) is 0 Å². The number of hydrogen-bond donors (Lipinski definition) is 1. The van der Waals surface area contributed by atoms with Crippen molar-refractivity contribution >= 4 is 5.97 Å². The first-order valence-corrected chi connectivity index (χ1v) is 14.6. The fraction of sp³-hybridized carbons (Fsp3) is 0.774. The average molecular weight is 475 g/mol. The van der Waals surface area contributed by atoms with Crippen LogP contribution in [0.4, 0.5) is 0 Å². The number of esters is 1. The first-order valence-electron chi connectivity index (χ1n) is 14.6. The van der Waals surface area contributed by atoms with Crippen LogP contribution in [0.1, 0.15) is 158 Å². The maximum absolute atomic E-state index is 13.2. The number of rotatable bonds is 21. The Morgan fingerprint density at radius 3 is 1.56 bits per heavy atom. The molecule has 0 radical (unpaired) electrons. The largest absolute Gasteiger partial charge is 0.507 e. The first-order chi connectivity index (χ1) is 16.6. The molecule has 34 heavy (non-hydrogen) atoms. The minimum atomic E-state index is -0.209. The van der Waals surface area contributed by atoms with Gasteiger partial charge in [-0.05, 0) is 74.6 Å². The molecule has 1 rings (SSSR count). The van der Waals surface area contributed by atoms with Gasteiger partial charge in [-0.1, -0.05) is 98.3 Å². The normalized spacial score (nSPS) is 12.1. The molecule has 0 saturated carbocycles. The number of carbonyl (C=O) groups is 1. The Bertz CT molecular complexity index is 623. The van der Waals surface area contributed by atoms with Crippen molar-refractivity contribution in [1.29, 1.82) is 0 Å². The van der Waals surface area contributed by atoms with E-state index in [1.807, 2.05) is 12.1 Å². The number of benzene rings is 1. The molecule has 0 fully saturated rings. The van der Waals surface area contributed by atoms with Gasteiger partial charge in [0.25, 0.3) is 0 Å². The average Bonchev–Trinajstić information content (AvgIpc) is 2.84. The van der Waals surface area contributed by atoms with Crippen LogP contribution in [0.15, 0.2) is 12.1 Å². The highest BCUT2D eigenvalue weighted by Crippen LogP contribution is 2.29. The lowest BCUT2D eigenvalue weighted by atomic mass is 9.97. The Hall–Kier alpha value is -1.51. The summed E-state index contributed by atoms with van der Waals surface area (Å²) in [5.74, 6) is 0.177. The van der Waals surface area contributed by atoms with E-state index in [0.717, 1.165) is 75.3 Å². The Morgan fingerprint density at radius 1 is 0.676 bits per heavy atom. The molecule has 1 atom stereocenters. The fourth-order valence-corrected chi connectivity index (χ4v) is 4.60. The third kappa shape index (κ3) is 12.8. The summed E-state index contributed by atoms with van der Waals surface area (Å²) in [7, 11) is 0. The third-order valence-corrected chi connectivity index (χ3v) is 6.89. The van der Waals surface area contributed by atoms with Crippen LogP contribution < -0.4 is 0 Å². The highest BCUT2D eigenvalue weighted by Gasteiger charge is 2.19. The number of hydrogen-bond acceptors (Lipinski definition) is 3. The Morgan fingerprint density at radius 2 is 1.09 bits per heavy atom. The lowest BCUT2D eigenvalue weighted by molar-refractivity contribution is 0.0248. The van der Waals surface area contributed by atoms with Crippen LogP contribution in [0, 0.1) is 0 Å². The number of phenolic OH excluding ortho intramolecular Hbond substituents is 1. The standard InChI is InChI=1S/C31H54O3/c1-5-9-13-15-16-17-19-23-29(22-18-14-10-6-2)34-31(33)28-24-26(20-11-7-3)30(32)27(25-28)21-12-8-4/h24-25,29,32H,5-23H2,1-4H3. The van der Waals surface area contributed by atoms with Crippen LogP contribution in [0.5, 0.6) is 5.75 Å². The minimum Gasteiger partial charge on any atom is -0.507 e. The van der Waals surface area contributed by atoms with Gasteiger partial charge in [-0.15, -0.1) is 0 Å². The first kappa shape index (κ1) is 30.5. The molecule has 3 heteroatoms. The molecule has 0 saturated heterocycles. The van der Waals surface area contributed by atoms with Crippen LogP contribution in [0.3, 0.4) is 0 Å². The smallest absolute Gasteiger partial charge is 0.338 e. The highest BCUT2D eigenvalue weighted by atomic mass is 16.5. The fourth-order valence-electron chi connectivity index (χ4n) is 4.60. The number of aryl methyl sites for hydroxylation is 2. The van der Waals surface area contributed by atoms with Crippen LogP contribution in [-0.2, 0) is 17.6 Å². The number of aromatic hydroxyl groups is 1. The van der Waals surface area contributed by atoms with Crippen LogP contribution in [-0.4, -0.2) is 17.2 Å². The lowest BCUT2D eigenvalue weighted by Crippen LogP contribution is -2.19. The predicted octanol–water partition coefficient (Wildman–Crippen LogP) is 9.71. The van der Waals surface area contributed by atoms with Crippen molar-refractivity contribution in [2.75, 3.05) is 0 Å². The Labute approximate surface area is 211 Å². The number of ether oxygens (including phenoxy) is 1. The van der Waals surface area contributed by atoms with Gasteiger partial charge >= 0.3 is 5.97 Å². The number of phenols is 1. The van der Waals surface area contributed by atoms with Crippen LogP contribution in [0.2, 0.25) is 0 Å². The highest BCUT2D eigenvalue weighted by molar-refractivity contribution is 5.90. The third-order valence-electron chi connectivity index (χ3n) is 6.89. The zero-order valence-corrected chi connectivity index (χ0v) is 22.9. The van der Waals surface area contributed by atoms with Gasteiger partial charge < -0.3 is 9.84 Å². The molecule has 0 amide bonds. The van der Waals surface area contributed by atoms with E-state index in [1.165, 1.54) is 57.8 Å². The molecule has 0 aliphatic rings. The van der Waals surface area contributed by atoms with Gasteiger partial charge in [0.2, 0.25) is 0 Å². The molecule has 196 valence electrons. The van der Waals surface area contributed by atoms with Crippen molar-refractivity contribution < 1.29 is 14.6 Å². The topological polar surface area (TPSA) is 46.5 Å². The van der Waals surface area contributed by atoms with Crippen LogP contribution in [0.25, 0.3) is 0 Å². The molecule has 1 N–H and O–H groups in total. The Kier molecular flexibility index (Phi) is 17.7. The predicted molar refractivity (Wildman–Crippen MR) is 146 cm³/mol. The molecule has 0 aromatic heterocycles. The van der Waals surface area contributed by atoms with Crippen molar-refractivity contribution in [2.24, 2.45) is 0 Å². The second-order valence-electron chi connectivity index (χ2n) is 10.1. The SMILES string of the molecule is CCCCCCCCCC(CCCCCC)OC(=O)c1cc(CCCC)c(O)c(CCCC)c1. The van der Waals surface area contributed by atoms with Gasteiger partial charge in [0.05, 0.1) is 5.56 Å². The van der Waals surface area contributed by atoms with E-state index in [0.29, 0.717) is 11.3 Å². The summed E-state index contributed by atoms with van der Waals surface area (Å²) in [4.78, 5) is 13.2. The van der Waals surface area contributed by atoms with Crippen molar-refractivity contribution in [3.8, 4) is 5.75 Å². The van der Waals surface area contributed by atoms with Crippen molar-refractivity contribution in [1.82, 2.24) is 0 Å². The zero-order valence-electron chi connectivity index (χ0n) is 22.9. The van der Waals surface area contributed by atoms with Gasteiger partial charge in [0.15, 0.2) is 0 Å². The van der Waals surface area contributed by atoms with Crippen LogP contribution >= 0.6 is 0 Å². The van der Waals surface area contributed by atoms with Gasteiger partial charge in [-0.25, -0.2) is 4.79 Å². The lowest BCUT2D eigenvalue weighted by Gasteiger charge is -2.19. The van der Waals surface area contributed by atoms with Crippen molar-refractivity contribution in [2.45, 2.75) is 156 Å². The van der Waals surface area contributed by atoms with E-state index in [4.69, 9.17) is 4.74 Å². The maximum Gasteiger partial charge on any atom is 0.338 e. The molecular formula is C31H54O3. The summed E-state index contributed by atoms with van der Waals surface area (Å²) in [6.45, 7) is 8.79. The summed E-state index contributed by atoms with van der Waals surface area (Å²) in [5, 5.41) is 10.8. The molecule has 1 unspecified atom stereocenters. The summed E-state index contributed by atoms with van der Waals surface area (Å²) in [6, 6.07) is 3.76. The van der Waals surface area contributed by atoms with E-state index >= 15 is 0 Å². The number of carbonyl (C=O) groups excluding carboxylic acids is 1. The maximum atomic E-state index is 13.2. The van der Waals surface area contributed by atoms with Gasteiger partial charge in [0.1, 0.15) is 11.9 Å². The second kappa shape index (κ2) is 19.8. The molecule has 0 aliphatic carbocycles. The zero-order chi connectivity index (χ0) is 25.0. The number of unbranched alkanes of at least 4 members (excludes halogenated alkanes) is 11. The second-order valence-corrected chi connectivity index (χ2v) is 10.1. The molecule has 3 nitrogen and oxygen atoms in total. The molecular weight excluding hydrogens is 420 g/mol. The Balaban J connectivity index is 2.81. The van der Waals surface area contributed by atoms with E-state index < -0.39 is 0 Å². The molecule has 1 aromatic carbocycles. The van der Waals surface area contributed by atoms with Crippen molar-refractivity contribution in [3.05, 3.63) is 28.8 Å². The van der Waals surface area contributed by atoms with Gasteiger partial charge in [0, 0.05) is 0 Å². The van der Waals surface area contributed by atoms with E-state index in [1.54, 1.807) is 0 Å². The molecule has 0 bridgehead atoms. The summed E-state index contributed by atoms with van der Waals surface area (Å²) < 4.78 is 6.10.